The fourth-order valence-electron chi connectivity index (χ4n) is 2.49. The monoisotopic (exact) mass is 212 g/mol. The molecule has 0 radical (unpaired) electrons. The van der Waals surface area contributed by atoms with Crippen molar-refractivity contribution in [3.05, 3.63) is 0 Å². The van der Waals surface area contributed by atoms with Crippen molar-refractivity contribution in [2.24, 2.45) is 11.3 Å². The molecule has 2 unspecified atom stereocenters. The molecule has 1 rings (SSSR count). The van der Waals surface area contributed by atoms with Crippen LogP contribution in [0.5, 0.6) is 0 Å². The maximum atomic E-state index is 3.38. The van der Waals surface area contributed by atoms with Gasteiger partial charge in [-0.1, -0.05) is 27.2 Å². The van der Waals surface area contributed by atoms with Gasteiger partial charge in [0, 0.05) is 19.1 Å². The molecule has 1 saturated heterocycles. The van der Waals surface area contributed by atoms with Crippen molar-refractivity contribution in [3.8, 4) is 0 Å². The van der Waals surface area contributed by atoms with Crippen LogP contribution in [0.15, 0.2) is 0 Å². The molecule has 0 aliphatic carbocycles. The van der Waals surface area contributed by atoms with Crippen LogP contribution < -0.4 is 5.32 Å². The summed E-state index contributed by atoms with van der Waals surface area (Å²) in [5.74, 6) is 0.950. The molecule has 15 heavy (non-hydrogen) atoms. The van der Waals surface area contributed by atoms with Gasteiger partial charge in [-0.15, -0.1) is 0 Å². The number of hydrogen-bond donors (Lipinski definition) is 1. The van der Waals surface area contributed by atoms with E-state index in [1.165, 1.54) is 32.5 Å². The molecule has 1 N–H and O–H groups in total. The number of nitrogens with zero attached hydrogens (tertiary/aromatic N) is 1. The van der Waals surface area contributed by atoms with Crippen molar-refractivity contribution in [3.63, 3.8) is 0 Å². The number of rotatable bonds is 5. The standard InChI is InChI=1S/C13H28N2/c1-6-12-7-8-15(9-12)10-13(3,4)11(2)14-5/h11-12,14H,6-10H2,1-5H3. The van der Waals surface area contributed by atoms with Gasteiger partial charge in [0.15, 0.2) is 0 Å². The first-order valence-electron chi connectivity index (χ1n) is 6.39. The van der Waals surface area contributed by atoms with E-state index in [2.05, 4.69) is 45.0 Å². The van der Waals surface area contributed by atoms with Gasteiger partial charge in [-0.25, -0.2) is 0 Å². The van der Waals surface area contributed by atoms with Crippen molar-refractivity contribution < 1.29 is 0 Å². The second kappa shape index (κ2) is 5.31. The Morgan fingerprint density at radius 3 is 2.60 bits per heavy atom. The lowest BCUT2D eigenvalue weighted by atomic mass is 9.85. The molecule has 2 atom stereocenters. The minimum absolute atomic E-state index is 0.372. The van der Waals surface area contributed by atoms with Crippen LogP contribution in [0.3, 0.4) is 0 Å². The highest BCUT2D eigenvalue weighted by Gasteiger charge is 2.30. The normalized spacial score (nSPS) is 25.8. The van der Waals surface area contributed by atoms with E-state index in [0.717, 1.165) is 5.92 Å². The third kappa shape index (κ3) is 3.46. The van der Waals surface area contributed by atoms with E-state index in [9.17, 15) is 0 Å². The van der Waals surface area contributed by atoms with Crippen LogP contribution in [0.4, 0.5) is 0 Å². The minimum Gasteiger partial charge on any atom is -0.317 e. The maximum absolute atomic E-state index is 3.38. The van der Waals surface area contributed by atoms with Crippen LogP contribution in [-0.2, 0) is 0 Å². The lowest BCUT2D eigenvalue weighted by Crippen LogP contribution is -2.45. The first-order chi connectivity index (χ1) is 6.99. The molecule has 0 saturated carbocycles. The van der Waals surface area contributed by atoms with Crippen LogP contribution in [0.2, 0.25) is 0 Å². The Morgan fingerprint density at radius 2 is 2.13 bits per heavy atom. The summed E-state index contributed by atoms with van der Waals surface area (Å²) >= 11 is 0. The third-order valence-corrected chi connectivity index (χ3v) is 4.18. The predicted octanol–water partition coefficient (Wildman–Crippen LogP) is 2.35. The molecule has 0 amide bonds. The van der Waals surface area contributed by atoms with Gasteiger partial charge in [-0.05, 0) is 38.3 Å². The molecule has 0 aromatic carbocycles. The number of nitrogens with one attached hydrogen (secondary N) is 1. The maximum Gasteiger partial charge on any atom is 0.00991 e. The van der Waals surface area contributed by atoms with E-state index in [-0.39, 0.29) is 0 Å². The summed E-state index contributed by atoms with van der Waals surface area (Å²) in [6.45, 7) is 13.2. The molecule has 90 valence electrons. The molecular formula is C13H28N2. The van der Waals surface area contributed by atoms with Crippen LogP contribution in [0.25, 0.3) is 0 Å². The second-order valence-corrected chi connectivity index (χ2v) is 5.80. The number of likely N-dealkylation sites (tertiary alicyclic amines) is 1. The smallest absolute Gasteiger partial charge is 0.00991 e. The summed E-state index contributed by atoms with van der Waals surface area (Å²) in [4.78, 5) is 2.64. The van der Waals surface area contributed by atoms with E-state index in [0.29, 0.717) is 11.5 Å². The van der Waals surface area contributed by atoms with E-state index in [1.807, 2.05) is 0 Å². The first-order valence-corrected chi connectivity index (χ1v) is 6.39. The molecular weight excluding hydrogens is 184 g/mol. The molecule has 0 aromatic heterocycles. The fourth-order valence-corrected chi connectivity index (χ4v) is 2.49. The summed E-state index contributed by atoms with van der Waals surface area (Å²) in [7, 11) is 2.06. The highest BCUT2D eigenvalue weighted by molar-refractivity contribution is 4.86. The van der Waals surface area contributed by atoms with E-state index in [1.54, 1.807) is 0 Å². The Labute approximate surface area is 95.4 Å². The van der Waals surface area contributed by atoms with Gasteiger partial charge in [0.1, 0.15) is 0 Å². The van der Waals surface area contributed by atoms with E-state index in [4.69, 9.17) is 0 Å². The summed E-state index contributed by atoms with van der Waals surface area (Å²) in [6.07, 6.45) is 2.75. The summed E-state index contributed by atoms with van der Waals surface area (Å²) < 4.78 is 0. The minimum atomic E-state index is 0.372. The van der Waals surface area contributed by atoms with Crippen molar-refractivity contribution in [1.82, 2.24) is 10.2 Å². The van der Waals surface area contributed by atoms with Crippen molar-refractivity contribution in [2.75, 3.05) is 26.7 Å². The van der Waals surface area contributed by atoms with Crippen LogP contribution >= 0.6 is 0 Å². The van der Waals surface area contributed by atoms with Crippen molar-refractivity contribution in [2.45, 2.75) is 46.6 Å². The molecule has 2 heteroatoms. The van der Waals surface area contributed by atoms with Gasteiger partial charge >= 0.3 is 0 Å². The highest BCUT2D eigenvalue weighted by atomic mass is 15.2. The molecule has 2 nitrogen and oxygen atoms in total. The first kappa shape index (κ1) is 13.0. The van der Waals surface area contributed by atoms with Gasteiger partial charge in [-0.3, -0.25) is 0 Å². The fraction of sp³-hybridized carbons (Fsp3) is 1.00. The predicted molar refractivity (Wildman–Crippen MR) is 67.1 cm³/mol. The Morgan fingerprint density at radius 1 is 1.47 bits per heavy atom. The Bertz CT molecular complexity index is 189. The Balaban J connectivity index is 2.41. The lowest BCUT2D eigenvalue weighted by molar-refractivity contribution is 0.164. The zero-order chi connectivity index (χ0) is 11.5. The van der Waals surface area contributed by atoms with Gasteiger partial charge in [0.25, 0.3) is 0 Å². The SMILES string of the molecule is CCC1CCN(CC(C)(C)C(C)NC)C1. The van der Waals surface area contributed by atoms with Gasteiger partial charge in [0.05, 0.1) is 0 Å². The largest absolute Gasteiger partial charge is 0.317 e. The summed E-state index contributed by atoms with van der Waals surface area (Å²) in [6, 6.07) is 0.582. The molecule has 0 bridgehead atoms. The van der Waals surface area contributed by atoms with Crippen LogP contribution in [0.1, 0.15) is 40.5 Å². The molecule has 0 spiro atoms. The summed E-state index contributed by atoms with van der Waals surface area (Å²) in [5, 5.41) is 3.38. The molecule has 1 aliphatic rings. The molecule has 0 aromatic rings. The van der Waals surface area contributed by atoms with Crippen LogP contribution in [0, 0.1) is 11.3 Å². The molecule has 1 fully saturated rings. The average molecular weight is 212 g/mol. The lowest BCUT2D eigenvalue weighted by Gasteiger charge is -2.35. The third-order valence-electron chi connectivity index (χ3n) is 4.18. The zero-order valence-electron chi connectivity index (χ0n) is 11.1. The summed E-state index contributed by atoms with van der Waals surface area (Å²) in [5.41, 5.74) is 0.372. The topological polar surface area (TPSA) is 15.3 Å². The Hall–Kier alpha value is -0.0800. The highest BCUT2D eigenvalue weighted by Crippen LogP contribution is 2.26. The molecule has 1 aliphatic heterocycles. The zero-order valence-corrected chi connectivity index (χ0v) is 11.1. The van der Waals surface area contributed by atoms with Gasteiger partial charge in [0.2, 0.25) is 0 Å². The number of hydrogen-bond acceptors (Lipinski definition) is 2. The van der Waals surface area contributed by atoms with Gasteiger partial charge < -0.3 is 10.2 Å². The van der Waals surface area contributed by atoms with E-state index < -0.39 is 0 Å². The second-order valence-electron chi connectivity index (χ2n) is 5.80. The van der Waals surface area contributed by atoms with Crippen molar-refractivity contribution in [1.29, 1.82) is 0 Å². The van der Waals surface area contributed by atoms with E-state index >= 15 is 0 Å². The van der Waals surface area contributed by atoms with Gasteiger partial charge in [-0.2, -0.15) is 0 Å². The van der Waals surface area contributed by atoms with Crippen molar-refractivity contribution >= 4 is 0 Å². The Kier molecular flexibility index (Phi) is 4.60. The molecule has 1 heterocycles. The quantitative estimate of drug-likeness (QED) is 0.752. The average Bonchev–Trinajstić information content (AvgIpc) is 2.63. The van der Waals surface area contributed by atoms with Crippen LogP contribution in [-0.4, -0.2) is 37.6 Å².